The Hall–Kier alpha value is -1.27. The Morgan fingerprint density at radius 3 is 3.00 bits per heavy atom. The molecule has 0 bridgehead atoms. The minimum absolute atomic E-state index is 0.0189. The predicted octanol–water partition coefficient (Wildman–Crippen LogP) is 3.12. The Bertz CT molecular complexity index is 493. The molecule has 6 heteroatoms. The molecule has 2 aromatic heterocycles. The Morgan fingerprint density at radius 1 is 1.44 bits per heavy atom. The minimum atomic E-state index is 0.0189. The maximum Gasteiger partial charge on any atom is 0.226 e. The van der Waals surface area contributed by atoms with E-state index >= 15 is 0 Å². The van der Waals surface area contributed by atoms with E-state index in [4.69, 9.17) is 0 Å². The molecule has 0 radical (unpaired) electrons. The molecule has 2 heterocycles. The number of nitrogens with one attached hydrogen (secondary N) is 1. The molecule has 0 aliphatic rings. The monoisotopic (exact) mass is 281 g/mol. The highest BCUT2D eigenvalue weighted by Gasteiger charge is 2.07. The van der Waals surface area contributed by atoms with Gasteiger partial charge in [0.15, 0.2) is 0 Å². The van der Waals surface area contributed by atoms with Crippen molar-refractivity contribution in [3.63, 3.8) is 0 Å². The van der Waals surface area contributed by atoms with E-state index in [2.05, 4.69) is 27.0 Å². The fourth-order valence-corrected chi connectivity index (χ4v) is 2.95. The van der Waals surface area contributed by atoms with Crippen molar-refractivity contribution in [1.82, 2.24) is 10.2 Å². The van der Waals surface area contributed by atoms with Crippen molar-refractivity contribution in [3.8, 4) is 0 Å². The number of amides is 1. The normalized spacial score (nSPS) is 10.5. The number of anilines is 1. The highest BCUT2D eigenvalue weighted by molar-refractivity contribution is 7.15. The fourth-order valence-electron chi connectivity index (χ4n) is 1.51. The lowest BCUT2D eigenvalue weighted by Crippen LogP contribution is -2.11. The lowest BCUT2D eigenvalue weighted by Gasteiger charge is -2.00. The lowest BCUT2D eigenvalue weighted by atomic mass is 10.2. The zero-order valence-corrected chi connectivity index (χ0v) is 11.8. The second-order valence-corrected chi connectivity index (χ2v) is 5.93. The minimum Gasteiger partial charge on any atom is -0.301 e. The first-order valence-corrected chi connectivity index (χ1v) is 7.62. The van der Waals surface area contributed by atoms with Gasteiger partial charge in [-0.2, -0.15) is 0 Å². The van der Waals surface area contributed by atoms with Gasteiger partial charge in [-0.3, -0.25) is 4.79 Å². The SMILES string of the molecule is CCc1nnc(NC(=O)CCCc2cccs2)s1. The molecule has 1 N–H and O–H groups in total. The zero-order valence-electron chi connectivity index (χ0n) is 10.2. The summed E-state index contributed by atoms with van der Waals surface area (Å²) in [7, 11) is 0. The number of rotatable bonds is 6. The van der Waals surface area contributed by atoms with Gasteiger partial charge in [0.05, 0.1) is 0 Å². The third-order valence-electron chi connectivity index (χ3n) is 2.42. The Morgan fingerprint density at radius 2 is 2.33 bits per heavy atom. The van der Waals surface area contributed by atoms with Gasteiger partial charge in [0.1, 0.15) is 5.01 Å². The van der Waals surface area contributed by atoms with Crippen molar-refractivity contribution in [2.45, 2.75) is 32.6 Å². The van der Waals surface area contributed by atoms with E-state index in [9.17, 15) is 4.79 Å². The van der Waals surface area contributed by atoms with Gasteiger partial charge in [-0.25, -0.2) is 0 Å². The summed E-state index contributed by atoms with van der Waals surface area (Å²) in [5.74, 6) is 0.0189. The predicted molar refractivity (Wildman–Crippen MR) is 75.2 cm³/mol. The van der Waals surface area contributed by atoms with Crippen LogP contribution >= 0.6 is 22.7 Å². The number of carbonyl (C=O) groups is 1. The smallest absolute Gasteiger partial charge is 0.226 e. The van der Waals surface area contributed by atoms with Crippen LogP contribution < -0.4 is 5.32 Å². The average Bonchev–Trinajstić information content (AvgIpc) is 3.00. The van der Waals surface area contributed by atoms with Gasteiger partial charge in [-0.1, -0.05) is 24.3 Å². The van der Waals surface area contributed by atoms with Gasteiger partial charge in [-0.05, 0) is 30.7 Å². The lowest BCUT2D eigenvalue weighted by molar-refractivity contribution is -0.116. The first-order chi connectivity index (χ1) is 8.78. The summed E-state index contributed by atoms with van der Waals surface area (Å²) in [6, 6.07) is 4.13. The van der Waals surface area contributed by atoms with Gasteiger partial charge in [-0.15, -0.1) is 21.5 Å². The van der Waals surface area contributed by atoms with Crippen LogP contribution in [0.2, 0.25) is 0 Å². The van der Waals surface area contributed by atoms with Crippen molar-refractivity contribution in [2.24, 2.45) is 0 Å². The second-order valence-electron chi connectivity index (χ2n) is 3.84. The standard InChI is InChI=1S/C12H15N3OS2/c1-2-11-14-15-12(18-11)13-10(16)7-3-5-9-6-4-8-17-9/h4,6,8H,2-3,5,7H2,1H3,(H,13,15,16). The quantitative estimate of drug-likeness (QED) is 0.885. The Labute approximate surface area is 114 Å². The number of carbonyl (C=O) groups excluding carboxylic acids is 1. The molecule has 0 aliphatic carbocycles. The molecule has 0 saturated heterocycles. The summed E-state index contributed by atoms with van der Waals surface area (Å²) in [6.45, 7) is 2.02. The van der Waals surface area contributed by atoms with Crippen molar-refractivity contribution in [3.05, 3.63) is 27.4 Å². The van der Waals surface area contributed by atoms with Crippen molar-refractivity contribution in [1.29, 1.82) is 0 Å². The topological polar surface area (TPSA) is 54.9 Å². The molecule has 18 heavy (non-hydrogen) atoms. The molecule has 4 nitrogen and oxygen atoms in total. The molecule has 0 saturated carbocycles. The van der Waals surface area contributed by atoms with Gasteiger partial charge in [0, 0.05) is 11.3 Å². The van der Waals surface area contributed by atoms with Crippen LogP contribution in [0.15, 0.2) is 17.5 Å². The van der Waals surface area contributed by atoms with E-state index in [1.165, 1.54) is 16.2 Å². The van der Waals surface area contributed by atoms with Crippen LogP contribution in [-0.4, -0.2) is 16.1 Å². The van der Waals surface area contributed by atoms with E-state index in [1.807, 2.05) is 13.0 Å². The Balaban J connectivity index is 1.71. The molecule has 2 aromatic rings. The number of hydrogen-bond donors (Lipinski definition) is 1. The molecule has 0 fully saturated rings. The van der Waals surface area contributed by atoms with E-state index in [0.29, 0.717) is 11.6 Å². The summed E-state index contributed by atoms with van der Waals surface area (Å²) < 4.78 is 0. The summed E-state index contributed by atoms with van der Waals surface area (Å²) in [4.78, 5) is 13.0. The van der Waals surface area contributed by atoms with E-state index < -0.39 is 0 Å². The molecule has 1 amide bonds. The fraction of sp³-hybridized carbons (Fsp3) is 0.417. The number of nitrogens with zero attached hydrogens (tertiary/aromatic N) is 2. The van der Waals surface area contributed by atoms with Crippen molar-refractivity contribution < 1.29 is 4.79 Å². The second kappa shape index (κ2) is 6.61. The number of aromatic nitrogens is 2. The van der Waals surface area contributed by atoms with Crippen LogP contribution in [0.25, 0.3) is 0 Å². The molecule has 0 aliphatic heterocycles. The molecule has 0 unspecified atom stereocenters. The molecular weight excluding hydrogens is 266 g/mol. The van der Waals surface area contributed by atoms with E-state index in [0.717, 1.165) is 24.3 Å². The molecule has 2 rings (SSSR count). The van der Waals surface area contributed by atoms with Crippen LogP contribution in [0, 0.1) is 0 Å². The van der Waals surface area contributed by atoms with Gasteiger partial charge in [0.2, 0.25) is 11.0 Å². The number of aryl methyl sites for hydroxylation is 2. The molecule has 0 atom stereocenters. The number of hydrogen-bond acceptors (Lipinski definition) is 5. The summed E-state index contributed by atoms with van der Waals surface area (Å²) in [5, 5.41) is 14.3. The third-order valence-corrected chi connectivity index (χ3v) is 4.34. The summed E-state index contributed by atoms with van der Waals surface area (Å²) >= 11 is 3.17. The largest absolute Gasteiger partial charge is 0.301 e. The van der Waals surface area contributed by atoms with E-state index in [-0.39, 0.29) is 5.91 Å². The van der Waals surface area contributed by atoms with Crippen LogP contribution in [0.5, 0.6) is 0 Å². The highest BCUT2D eigenvalue weighted by atomic mass is 32.1. The summed E-state index contributed by atoms with van der Waals surface area (Å²) in [6.07, 6.45) is 3.21. The van der Waals surface area contributed by atoms with Gasteiger partial charge < -0.3 is 5.32 Å². The maximum absolute atomic E-state index is 11.7. The summed E-state index contributed by atoms with van der Waals surface area (Å²) in [5.41, 5.74) is 0. The zero-order chi connectivity index (χ0) is 12.8. The van der Waals surface area contributed by atoms with Crippen molar-refractivity contribution in [2.75, 3.05) is 5.32 Å². The van der Waals surface area contributed by atoms with Gasteiger partial charge >= 0.3 is 0 Å². The Kier molecular flexibility index (Phi) is 4.83. The molecule has 96 valence electrons. The van der Waals surface area contributed by atoms with Crippen LogP contribution in [-0.2, 0) is 17.6 Å². The highest BCUT2D eigenvalue weighted by Crippen LogP contribution is 2.16. The van der Waals surface area contributed by atoms with Crippen molar-refractivity contribution >= 4 is 33.7 Å². The van der Waals surface area contributed by atoms with E-state index in [1.54, 1.807) is 11.3 Å². The molecular formula is C12H15N3OS2. The number of thiophene rings is 1. The van der Waals surface area contributed by atoms with Crippen LogP contribution in [0.1, 0.15) is 29.7 Å². The first kappa shape index (κ1) is 13.2. The third kappa shape index (κ3) is 3.89. The van der Waals surface area contributed by atoms with Gasteiger partial charge in [0.25, 0.3) is 0 Å². The van der Waals surface area contributed by atoms with Crippen LogP contribution in [0.4, 0.5) is 5.13 Å². The molecule has 0 spiro atoms. The maximum atomic E-state index is 11.7. The first-order valence-electron chi connectivity index (χ1n) is 5.92. The average molecular weight is 281 g/mol. The molecule has 0 aromatic carbocycles. The van der Waals surface area contributed by atoms with Crippen LogP contribution in [0.3, 0.4) is 0 Å².